The Morgan fingerprint density at radius 1 is 0.895 bits per heavy atom. The van der Waals surface area contributed by atoms with E-state index in [0.29, 0.717) is 0 Å². The Kier molecular flexibility index (Phi) is 2.71. The number of carboxylic acid groups (broad SMARTS) is 1. The second kappa shape index (κ2) is 4.39. The molecule has 2 nitrogen and oxygen atoms in total. The Hall–Kier alpha value is -2.35. The molecule has 0 saturated carbocycles. The van der Waals surface area contributed by atoms with Crippen LogP contribution in [0.4, 0.5) is 0 Å². The molecule has 94 valence electrons. The van der Waals surface area contributed by atoms with Crippen LogP contribution in [0.15, 0.2) is 48.5 Å². The number of carboxylic acids is 1. The van der Waals surface area contributed by atoms with Crippen LogP contribution in [0.1, 0.15) is 11.1 Å². The zero-order chi connectivity index (χ0) is 13.4. The van der Waals surface area contributed by atoms with Gasteiger partial charge >= 0.3 is 5.97 Å². The van der Waals surface area contributed by atoms with Crippen molar-refractivity contribution in [2.75, 3.05) is 0 Å². The van der Waals surface area contributed by atoms with Gasteiger partial charge in [0.05, 0.1) is 6.42 Å². The van der Waals surface area contributed by atoms with E-state index in [-0.39, 0.29) is 6.42 Å². The van der Waals surface area contributed by atoms with Gasteiger partial charge in [-0.25, -0.2) is 0 Å². The molecule has 3 rings (SSSR count). The molecule has 0 amide bonds. The molecular weight excluding hydrogens is 236 g/mol. The Bertz CT molecular complexity index is 731. The number of fused-ring (bicyclic) bond motifs is 2. The third-order valence-corrected chi connectivity index (χ3v) is 3.64. The number of hydrogen-bond donors (Lipinski definition) is 1. The van der Waals surface area contributed by atoms with E-state index in [1.54, 1.807) is 0 Å². The van der Waals surface area contributed by atoms with E-state index >= 15 is 0 Å². The van der Waals surface area contributed by atoms with Gasteiger partial charge in [-0.2, -0.15) is 0 Å². The molecule has 0 aliphatic carbocycles. The molecule has 0 fully saturated rings. The van der Waals surface area contributed by atoms with Gasteiger partial charge in [0.25, 0.3) is 0 Å². The highest BCUT2D eigenvalue weighted by atomic mass is 16.4. The van der Waals surface area contributed by atoms with Gasteiger partial charge in [-0.05, 0) is 39.6 Å². The van der Waals surface area contributed by atoms with Crippen molar-refractivity contribution < 1.29 is 9.90 Å². The van der Waals surface area contributed by atoms with E-state index in [2.05, 4.69) is 19.1 Å². The predicted molar refractivity (Wildman–Crippen MR) is 77.5 cm³/mol. The Balaban J connectivity index is 2.52. The normalized spacial score (nSPS) is 11.0. The summed E-state index contributed by atoms with van der Waals surface area (Å²) in [4.78, 5) is 11.1. The molecule has 0 bridgehead atoms. The van der Waals surface area contributed by atoms with Crippen molar-refractivity contribution in [1.29, 1.82) is 0 Å². The van der Waals surface area contributed by atoms with Crippen molar-refractivity contribution in [1.82, 2.24) is 0 Å². The largest absolute Gasteiger partial charge is 0.481 e. The van der Waals surface area contributed by atoms with E-state index in [4.69, 9.17) is 5.11 Å². The first kappa shape index (κ1) is 11.7. The summed E-state index contributed by atoms with van der Waals surface area (Å²) in [5.41, 5.74) is 2.12. The minimum Gasteiger partial charge on any atom is -0.481 e. The van der Waals surface area contributed by atoms with Crippen molar-refractivity contribution in [3.05, 3.63) is 59.7 Å². The number of benzene rings is 3. The molecule has 0 heterocycles. The highest BCUT2D eigenvalue weighted by Crippen LogP contribution is 2.32. The number of aryl methyl sites for hydroxylation is 1. The number of rotatable bonds is 2. The topological polar surface area (TPSA) is 37.3 Å². The van der Waals surface area contributed by atoms with Crippen LogP contribution >= 0.6 is 0 Å². The van der Waals surface area contributed by atoms with Gasteiger partial charge in [0.1, 0.15) is 0 Å². The lowest BCUT2D eigenvalue weighted by atomic mass is 9.91. The highest BCUT2D eigenvalue weighted by Gasteiger charge is 2.12. The fourth-order valence-corrected chi connectivity index (χ4v) is 2.78. The van der Waals surface area contributed by atoms with E-state index in [9.17, 15) is 4.79 Å². The Morgan fingerprint density at radius 3 is 1.74 bits per heavy atom. The molecule has 0 radical (unpaired) electrons. The third-order valence-electron chi connectivity index (χ3n) is 3.64. The number of aliphatic carboxylic acids is 1. The lowest BCUT2D eigenvalue weighted by Gasteiger charge is -2.13. The zero-order valence-electron chi connectivity index (χ0n) is 10.7. The highest BCUT2D eigenvalue weighted by molar-refractivity contribution is 6.07. The van der Waals surface area contributed by atoms with Crippen LogP contribution < -0.4 is 0 Å². The minimum atomic E-state index is -0.792. The van der Waals surface area contributed by atoms with Crippen molar-refractivity contribution >= 4 is 27.5 Å². The first-order valence-electron chi connectivity index (χ1n) is 6.29. The number of hydrogen-bond acceptors (Lipinski definition) is 1. The standard InChI is InChI=1S/C17H14O2/c1-11-12-6-2-4-8-14(12)16(10-17(18)19)15-9-5-3-7-13(11)15/h2-9H,10H2,1H3,(H,18,19). The molecule has 1 N–H and O–H groups in total. The summed E-state index contributed by atoms with van der Waals surface area (Å²) in [5, 5.41) is 13.5. The van der Waals surface area contributed by atoms with Crippen molar-refractivity contribution in [2.24, 2.45) is 0 Å². The average molecular weight is 250 g/mol. The zero-order valence-corrected chi connectivity index (χ0v) is 10.7. The van der Waals surface area contributed by atoms with Crippen LogP contribution in [-0.2, 0) is 11.2 Å². The molecule has 3 aromatic carbocycles. The summed E-state index contributed by atoms with van der Waals surface area (Å²) in [6, 6.07) is 16.0. The maximum atomic E-state index is 11.1. The molecule has 0 atom stereocenters. The Labute approximate surface area is 111 Å². The summed E-state index contributed by atoms with van der Waals surface area (Å²) < 4.78 is 0. The molecule has 0 aromatic heterocycles. The van der Waals surface area contributed by atoms with Crippen LogP contribution in [0.3, 0.4) is 0 Å². The van der Waals surface area contributed by atoms with E-state index in [1.807, 2.05) is 36.4 Å². The van der Waals surface area contributed by atoms with Gasteiger partial charge in [-0.3, -0.25) is 4.79 Å². The first-order valence-corrected chi connectivity index (χ1v) is 6.29. The molecular formula is C17H14O2. The fraction of sp³-hybridized carbons (Fsp3) is 0.118. The molecule has 0 spiro atoms. The van der Waals surface area contributed by atoms with Gasteiger partial charge in [0.15, 0.2) is 0 Å². The summed E-state index contributed by atoms with van der Waals surface area (Å²) in [6.45, 7) is 2.09. The van der Waals surface area contributed by atoms with Crippen LogP contribution in [0.25, 0.3) is 21.5 Å². The molecule has 2 heteroatoms. The summed E-state index contributed by atoms with van der Waals surface area (Å²) in [6.07, 6.45) is 0.0569. The smallest absolute Gasteiger partial charge is 0.307 e. The first-order chi connectivity index (χ1) is 9.18. The van der Waals surface area contributed by atoms with Crippen LogP contribution in [-0.4, -0.2) is 11.1 Å². The van der Waals surface area contributed by atoms with Gasteiger partial charge < -0.3 is 5.11 Å². The number of carbonyl (C=O) groups is 1. The lowest BCUT2D eigenvalue weighted by Crippen LogP contribution is -2.02. The quantitative estimate of drug-likeness (QED) is 0.700. The molecule has 19 heavy (non-hydrogen) atoms. The lowest BCUT2D eigenvalue weighted by molar-refractivity contribution is -0.136. The van der Waals surface area contributed by atoms with Gasteiger partial charge in [-0.15, -0.1) is 0 Å². The molecule has 0 unspecified atom stereocenters. The SMILES string of the molecule is Cc1c2ccccc2c(CC(=O)O)c2ccccc12. The Morgan fingerprint density at radius 2 is 1.32 bits per heavy atom. The predicted octanol–water partition coefficient (Wildman–Crippen LogP) is 3.93. The molecule has 0 aliphatic rings. The van der Waals surface area contributed by atoms with Gasteiger partial charge in [0.2, 0.25) is 0 Å². The van der Waals surface area contributed by atoms with Crippen LogP contribution in [0, 0.1) is 6.92 Å². The van der Waals surface area contributed by atoms with E-state index in [1.165, 1.54) is 5.56 Å². The molecule has 0 aliphatic heterocycles. The summed E-state index contributed by atoms with van der Waals surface area (Å²) in [7, 11) is 0. The van der Waals surface area contributed by atoms with E-state index in [0.717, 1.165) is 27.1 Å². The fourth-order valence-electron chi connectivity index (χ4n) is 2.78. The second-order valence-electron chi connectivity index (χ2n) is 4.77. The third kappa shape index (κ3) is 1.85. The van der Waals surface area contributed by atoms with Crippen molar-refractivity contribution in [2.45, 2.75) is 13.3 Å². The van der Waals surface area contributed by atoms with E-state index < -0.39 is 5.97 Å². The maximum Gasteiger partial charge on any atom is 0.307 e. The average Bonchev–Trinajstić information content (AvgIpc) is 2.43. The summed E-state index contributed by atoms with van der Waals surface area (Å²) in [5.74, 6) is -0.792. The van der Waals surface area contributed by atoms with Crippen LogP contribution in [0.2, 0.25) is 0 Å². The van der Waals surface area contributed by atoms with Crippen molar-refractivity contribution in [3.63, 3.8) is 0 Å². The second-order valence-corrected chi connectivity index (χ2v) is 4.77. The minimum absolute atomic E-state index is 0.0569. The maximum absolute atomic E-state index is 11.1. The van der Waals surface area contributed by atoms with Crippen LogP contribution in [0.5, 0.6) is 0 Å². The van der Waals surface area contributed by atoms with Gasteiger partial charge in [0, 0.05) is 0 Å². The molecule has 0 saturated heterocycles. The molecule has 3 aromatic rings. The van der Waals surface area contributed by atoms with Crippen molar-refractivity contribution in [3.8, 4) is 0 Å². The van der Waals surface area contributed by atoms with Gasteiger partial charge in [-0.1, -0.05) is 48.5 Å². The summed E-state index contributed by atoms with van der Waals surface area (Å²) >= 11 is 0. The monoisotopic (exact) mass is 250 g/mol.